The lowest BCUT2D eigenvalue weighted by Crippen LogP contribution is -2.51. The largest absolute Gasteiger partial charge is 0.337 e. The van der Waals surface area contributed by atoms with E-state index in [1.165, 1.54) is 5.56 Å². The van der Waals surface area contributed by atoms with Crippen LogP contribution in [-0.4, -0.2) is 51.6 Å². The van der Waals surface area contributed by atoms with Gasteiger partial charge in [-0.1, -0.05) is 30.3 Å². The van der Waals surface area contributed by atoms with Gasteiger partial charge < -0.3 is 9.47 Å². The molecule has 0 N–H and O–H groups in total. The van der Waals surface area contributed by atoms with Gasteiger partial charge in [0.05, 0.1) is 6.54 Å². The predicted octanol–water partition coefficient (Wildman–Crippen LogP) is 2.17. The molecule has 1 aliphatic heterocycles. The minimum atomic E-state index is 0.584. The minimum absolute atomic E-state index is 0.584. The molecule has 0 saturated carbocycles. The van der Waals surface area contributed by atoms with Crippen molar-refractivity contribution in [2.75, 3.05) is 26.2 Å². The molecular formula is C18H26N4. The number of hydrogen-bond donors (Lipinski definition) is 0. The first-order valence-corrected chi connectivity index (χ1v) is 8.19. The zero-order chi connectivity index (χ0) is 15.4. The minimum Gasteiger partial charge on any atom is -0.337 e. The smallest absolute Gasteiger partial charge is 0.122 e. The molecule has 4 nitrogen and oxygen atoms in total. The number of aromatic nitrogens is 2. The molecule has 0 spiro atoms. The zero-order valence-electron chi connectivity index (χ0n) is 13.7. The standard InChI is InChI=1S/C18H26N4/c1-16-14-21(10-8-17-6-4-3-5-7-17)12-13-22(16)15-18-19-9-11-20(18)2/h3-7,9,11,16H,8,10,12-15H2,1-2H3/t16-/m1/s1. The van der Waals surface area contributed by atoms with Crippen LogP contribution in [0.3, 0.4) is 0 Å². The van der Waals surface area contributed by atoms with Crippen molar-refractivity contribution in [2.45, 2.75) is 25.9 Å². The maximum atomic E-state index is 4.45. The van der Waals surface area contributed by atoms with E-state index in [9.17, 15) is 0 Å². The number of nitrogens with zero attached hydrogens (tertiary/aromatic N) is 4. The number of hydrogen-bond acceptors (Lipinski definition) is 3. The fourth-order valence-corrected chi connectivity index (χ4v) is 3.17. The normalized spacial score (nSPS) is 20.4. The van der Waals surface area contributed by atoms with Crippen molar-refractivity contribution in [3.63, 3.8) is 0 Å². The molecule has 1 saturated heterocycles. The van der Waals surface area contributed by atoms with E-state index in [0.29, 0.717) is 6.04 Å². The average molecular weight is 298 g/mol. The van der Waals surface area contributed by atoms with Crippen molar-refractivity contribution < 1.29 is 0 Å². The van der Waals surface area contributed by atoms with Gasteiger partial charge in [-0.3, -0.25) is 4.90 Å². The topological polar surface area (TPSA) is 24.3 Å². The van der Waals surface area contributed by atoms with Crippen molar-refractivity contribution in [2.24, 2.45) is 7.05 Å². The van der Waals surface area contributed by atoms with Crippen LogP contribution in [0.25, 0.3) is 0 Å². The molecule has 0 bridgehead atoms. The molecule has 0 radical (unpaired) electrons. The van der Waals surface area contributed by atoms with Gasteiger partial charge in [0.15, 0.2) is 0 Å². The van der Waals surface area contributed by atoms with E-state index in [4.69, 9.17) is 0 Å². The third-order valence-electron chi connectivity index (χ3n) is 4.67. The molecule has 1 aromatic heterocycles. The van der Waals surface area contributed by atoms with Crippen LogP contribution in [-0.2, 0) is 20.0 Å². The first-order valence-electron chi connectivity index (χ1n) is 8.19. The summed E-state index contributed by atoms with van der Waals surface area (Å²) in [5.74, 6) is 1.16. The van der Waals surface area contributed by atoms with E-state index in [-0.39, 0.29) is 0 Å². The first kappa shape index (κ1) is 15.3. The Bertz CT molecular complexity index is 578. The molecule has 1 atom stereocenters. The van der Waals surface area contributed by atoms with Gasteiger partial charge in [-0.05, 0) is 18.9 Å². The summed E-state index contributed by atoms with van der Waals surface area (Å²) < 4.78 is 2.12. The van der Waals surface area contributed by atoms with E-state index in [1.807, 2.05) is 12.4 Å². The van der Waals surface area contributed by atoms with E-state index < -0.39 is 0 Å². The van der Waals surface area contributed by atoms with Crippen molar-refractivity contribution in [3.05, 3.63) is 54.1 Å². The Hall–Kier alpha value is -1.65. The van der Waals surface area contributed by atoms with Gasteiger partial charge in [0, 0.05) is 51.7 Å². The van der Waals surface area contributed by atoms with Gasteiger partial charge in [-0.2, -0.15) is 0 Å². The summed E-state index contributed by atoms with van der Waals surface area (Å²) in [5, 5.41) is 0. The monoisotopic (exact) mass is 298 g/mol. The summed E-state index contributed by atoms with van der Waals surface area (Å²) in [4.78, 5) is 9.58. The van der Waals surface area contributed by atoms with Crippen molar-refractivity contribution >= 4 is 0 Å². The van der Waals surface area contributed by atoms with E-state index in [0.717, 1.165) is 45.0 Å². The van der Waals surface area contributed by atoms with Gasteiger partial charge in [0.25, 0.3) is 0 Å². The fraction of sp³-hybridized carbons (Fsp3) is 0.500. The molecule has 22 heavy (non-hydrogen) atoms. The van der Waals surface area contributed by atoms with Gasteiger partial charge in [-0.25, -0.2) is 4.98 Å². The molecule has 1 fully saturated rings. The molecule has 0 aliphatic carbocycles. The van der Waals surface area contributed by atoms with Gasteiger partial charge >= 0.3 is 0 Å². The predicted molar refractivity (Wildman–Crippen MR) is 89.7 cm³/mol. The first-order chi connectivity index (χ1) is 10.7. The second-order valence-electron chi connectivity index (χ2n) is 6.31. The van der Waals surface area contributed by atoms with Crippen molar-refractivity contribution in [1.82, 2.24) is 19.4 Å². The highest BCUT2D eigenvalue weighted by atomic mass is 15.3. The lowest BCUT2D eigenvalue weighted by atomic mass is 10.1. The molecule has 0 amide bonds. The summed E-state index contributed by atoms with van der Waals surface area (Å²) in [7, 11) is 2.07. The molecule has 1 aliphatic rings. The summed E-state index contributed by atoms with van der Waals surface area (Å²) in [6, 6.07) is 11.4. The Morgan fingerprint density at radius 2 is 2.00 bits per heavy atom. The summed E-state index contributed by atoms with van der Waals surface area (Å²) >= 11 is 0. The molecule has 2 aromatic rings. The molecule has 0 unspecified atom stereocenters. The van der Waals surface area contributed by atoms with Crippen LogP contribution < -0.4 is 0 Å². The Morgan fingerprint density at radius 1 is 1.18 bits per heavy atom. The van der Waals surface area contributed by atoms with Gasteiger partial charge in [0.2, 0.25) is 0 Å². The maximum Gasteiger partial charge on any atom is 0.122 e. The van der Waals surface area contributed by atoms with Crippen LogP contribution in [0.2, 0.25) is 0 Å². The highest BCUT2D eigenvalue weighted by molar-refractivity contribution is 5.14. The quantitative estimate of drug-likeness (QED) is 0.845. The van der Waals surface area contributed by atoms with Crippen LogP contribution in [0, 0.1) is 0 Å². The lowest BCUT2D eigenvalue weighted by molar-refractivity contribution is 0.0758. The highest BCUT2D eigenvalue weighted by Gasteiger charge is 2.24. The third-order valence-corrected chi connectivity index (χ3v) is 4.67. The Morgan fingerprint density at radius 3 is 2.68 bits per heavy atom. The number of rotatable bonds is 5. The molecular weight excluding hydrogens is 272 g/mol. The van der Waals surface area contributed by atoms with Gasteiger partial charge in [-0.15, -0.1) is 0 Å². The second-order valence-corrected chi connectivity index (χ2v) is 6.31. The van der Waals surface area contributed by atoms with Crippen molar-refractivity contribution in [3.8, 4) is 0 Å². The third kappa shape index (κ3) is 3.76. The number of aryl methyl sites for hydroxylation is 1. The molecule has 1 aromatic carbocycles. The van der Waals surface area contributed by atoms with Crippen molar-refractivity contribution in [1.29, 1.82) is 0 Å². The fourth-order valence-electron chi connectivity index (χ4n) is 3.17. The Labute approximate surface area is 133 Å². The summed E-state index contributed by atoms with van der Waals surface area (Å²) in [5.41, 5.74) is 1.44. The summed E-state index contributed by atoms with van der Waals surface area (Å²) in [6.45, 7) is 7.88. The number of benzene rings is 1. The summed E-state index contributed by atoms with van der Waals surface area (Å²) in [6.07, 6.45) is 5.05. The van der Waals surface area contributed by atoms with Crippen LogP contribution in [0.5, 0.6) is 0 Å². The molecule has 118 valence electrons. The SMILES string of the molecule is C[C@@H]1CN(CCc2ccccc2)CCN1Cc1nccn1C. The Balaban J connectivity index is 1.48. The molecule has 4 heteroatoms. The Kier molecular flexibility index (Phi) is 4.90. The average Bonchev–Trinajstić information content (AvgIpc) is 2.94. The number of piperazine rings is 1. The maximum absolute atomic E-state index is 4.45. The van der Waals surface area contributed by atoms with E-state index in [1.54, 1.807) is 0 Å². The van der Waals surface area contributed by atoms with Crippen LogP contribution >= 0.6 is 0 Å². The van der Waals surface area contributed by atoms with Crippen LogP contribution in [0.1, 0.15) is 18.3 Å². The molecule has 2 heterocycles. The van der Waals surface area contributed by atoms with Crippen LogP contribution in [0.15, 0.2) is 42.7 Å². The lowest BCUT2D eigenvalue weighted by Gasteiger charge is -2.39. The van der Waals surface area contributed by atoms with Gasteiger partial charge in [0.1, 0.15) is 5.82 Å². The number of imidazole rings is 1. The van der Waals surface area contributed by atoms with E-state index >= 15 is 0 Å². The zero-order valence-corrected chi connectivity index (χ0v) is 13.7. The highest BCUT2D eigenvalue weighted by Crippen LogP contribution is 2.13. The van der Waals surface area contributed by atoms with E-state index in [2.05, 4.69) is 63.7 Å². The second kappa shape index (κ2) is 7.07. The molecule has 3 rings (SSSR count). The van der Waals surface area contributed by atoms with Crippen LogP contribution in [0.4, 0.5) is 0 Å².